The lowest BCUT2D eigenvalue weighted by Crippen LogP contribution is -1.91. The quantitative estimate of drug-likeness (QED) is 0.542. The van der Waals surface area contributed by atoms with Gasteiger partial charge >= 0.3 is 0 Å². The fourth-order valence-corrected chi connectivity index (χ4v) is 2.73. The Hall–Kier alpha value is -1.22. The molecule has 2 N–H and O–H groups in total. The van der Waals surface area contributed by atoms with E-state index in [9.17, 15) is 0 Å². The lowest BCUT2D eigenvalue weighted by Gasteiger charge is -2.01. The van der Waals surface area contributed by atoms with Crippen LogP contribution in [0.5, 0.6) is 0 Å². The van der Waals surface area contributed by atoms with Gasteiger partial charge in [-0.25, -0.2) is 0 Å². The highest BCUT2D eigenvalue weighted by Crippen LogP contribution is 2.30. The number of benzene rings is 1. The number of nitrogens with two attached hydrogens (primary N) is 1. The van der Waals surface area contributed by atoms with E-state index in [0.29, 0.717) is 0 Å². The molecule has 0 amide bonds. The molecule has 0 bridgehead atoms. The maximum Gasteiger partial charge on any atom is 0.234 e. The van der Waals surface area contributed by atoms with Crippen LogP contribution in [0.3, 0.4) is 0 Å². The Morgan fingerprint density at radius 3 is 3.06 bits per heavy atom. The van der Waals surface area contributed by atoms with Crippen LogP contribution in [0.4, 0.5) is 5.69 Å². The Labute approximate surface area is 108 Å². The number of fused-ring (bicyclic) bond motifs is 1. The molecular weight excluding hydrogens is 337 g/mol. The predicted octanol–water partition coefficient (Wildman–Crippen LogP) is 2.04. The lowest BCUT2D eigenvalue weighted by molar-refractivity contribution is 0.960. The number of rotatable bonds is 1. The summed E-state index contributed by atoms with van der Waals surface area (Å²) in [4.78, 5) is 0.772. The third-order valence-electron chi connectivity index (χ3n) is 2.13. The van der Waals surface area contributed by atoms with Crippen LogP contribution in [-0.2, 0) is 0 Å². The first-order chi connectivity index (χ1) is 7.74. The van der Waals surface area contributed by atoms with Gasteiger partial charge in [-0.2, -0.15) is 9.61 Å². The van der Waals surface area contributed by atoms with Crippen LogP contribution in [-0.4, -0.2) is 19.8 Å². The minimum Gasteiger partial charge on any atom is -0.398 e. The second-order valence-electron chi connectivity index (χ2n) is 3.20. The molecule has 0 aliphatic heterocycles. The van der Waals surface area contributed by atoms with Crippen LogP contribution < -0.4 is 5.73 Å². The fourth-order valence-electron chi connectivity index (χ4n) is 1.38. The van der Waals surface area contributed by atoms with Gasteiger partial charge in [0.15, 0.2) is 0 Å². The van der Waals surface area contributed by atoms with Crippen LogP contribution in [0.2, 0.25) is 0 Å². The van der Waals surface area contributed by atoms with E-state index in [0.717, 1.165) is 24.8 Å². The summed E-state index contributed by atoms with van der Waals surface area (Å²) in [5.41, 5.74) is 7.60. The maximum absolute atomic E-state index is 5.93. The van der Waals surface area contributed by atoms with Crippen LogP contribution in [0, 0.1) is 3.57 Å². The average molecular weight is 343 g/mol. The number of halogens is 1. The molecule has 7 heteroatoms. The summed E-state index contributed by atoms with van der Waals surface area (Å²) in [5, 5.41) is 12.9. The van der Waals surface area contributed by atoms with Gasteiger partial charge in [0.05, 0.1) is 0 Å². The molecule has 5 nitrogen and oxygen atoms in total. The third-order valence-corrected chi connectivity index (χ3v) is 3.75. The zero-order valence-electron chi connectivity index (χ0n) is 7.96. The molecule has 3 rings (SSSR count). The molecule has 3 aromatic rings. The average Bonchev–Trinajstić information content (AvgIpc) is 2.81. The van der Waals surface area contributed by atoms with Crippen molar-refractivity contribution in [3.05, 3.63) is 28.1 Å². The summed E-state index contributed by atoms with van der Waals surface area (Å²) in [7, 11) is 0. The maximum atomic E-state index is 5.93. The second-order valence-corrected chi connectivity index (χ2v) is 5.40. The monoisotopic (exact) mass is 343 g/mol. The molecule has 0 saturated heterocycles. The van der Waals surface area contributed by atoms with Crippen molar-refractivity contribution in [2.75, 3.05) is 5.73 Å². The molecule has 2 aromatic heterocycles. The van der Waals surface area contributed by atoms with E-state index in [-0.39, 0.29) is 0 Å². The van der Waals surface area contributed by atoms with Gasteiger partial charge in [0.25, 0.3) is 0 Å². The summed E-state index contributed by atoms with van der Waals surface area (Å²) in [6.07, 6.45) is 1.58. The molecule has 80 valence electrons. The number of anilines is 1. The molecule has 0 atom stereocenters. The summed E-state index contributed by atoms with van der Waals surface area (Å²) < 4.78 is 2.78. The number of nitrogen functional groups attached to an aromatic ring is 1. The normalized spacial score (nSPS) is 11.1. The van der Waals surface area contributed by atoms with E-state index >= 15 is 0 Å². The Balaban J connectivity index is 2.22. The first kappa shape index (κ1) is 9.97. The Morgan fingerprint density at radius 2 is 2.25 bits per heavy atom. The van der Waals surface area contributed by atoms with Gasteiger partial charge < -0.3 is 5.73 Å². The minimum atomic E-state index is 0.727. The summed E-state index contributed by atoms with van der Waals surface area (Å²) in [6.45, 7) is 0. The first-order valence-corrected chi connectivity index (χ1v) is 6.36. The minimum absolute atomic E-state index is 0.727. The van der Waals surface area contributed by atoms with E-state index in [4.69, 9.17) is 5.73 Å². The Morgan fingerprint density at radius 1 is 1.38 bits per heavy atom. The SMILES string of the molecule is Nc1ccc(I)cc1-c1nn2cnnc2s1. The Bertz CT molecular complexity index is 630. The van der Waals surface area contributed by atoms with E-state index in [1.807, 2.05) is 18.2 Å². The molecule has 0 unspecified atom stereocenters. The van der Waals surface area contributed by atoms with E-state index in [1.165, 1.54) is 11.3 Å². The molecule has 0 aliphatic carbocycles. The van der Waals surface area contributed by atoms with Crippen molar-refractivity contribution in [2.45, 2.75) is 0 Å². The van der Waals surface area contributed by atoms with Crippen molar-refractivity contribution in [3.8, 4) is 10.6 Å². The van der Waals surface area contributed by atoms with Crippen LogP contribution in [0.1, 0.15) is 0 Å². The van der Waals surface area contributed by atoms with Gasteiger partial charge in [0.2, 0.25) is 4.96 Å². The number of hydrogen-bond acceptors (Lipinski definition) is 5. The second kappa shape index (κ2) is 3.67. The van der Waals surface area contributed by atoms with Gasteiger partial charge in [-0.05, 0) is 40.8 Å². The molecule has 2 heterocycles. The number of aromatic nitrogens is 4. The van der Waals surface area contributed by atoms with Crippen molar-refractivity contribution in [1.29, 1.82) is 0 Å². The lowest BCUT2D eigenvalue weighted by atomic mass is 10.2. The number of nitrogens with zero attached hydrogens (tertiary/aromatic N) is 4. The predicted molar refractivity (Wildman–Crippen MR) is 71.2 cm³/mol. The van der Waals surface area contributed by atoms with Gasteiger partial charge in [0, 0.05) is 14.8 Å². The van der Waals surface area contributed by atoms with E-state index in [2.05, 4.69) is 37.9 Å². The number of hydrogen-bond donors (Lipinski definition) is 1. The topological polar surface area (TPSA) is 69.1 Å². The van der Waals surface area contributed by atoms with Crippen LogP contribution in [0.25, 0.3) is 15.5 Å². The van der Waals surface area contributed by atoms with Crippen molar-refractivity contribution >= 4 is 44.6 Å². The molecule has 1 aromatic carbocycles. The molecule has 16 heavy (non-hydrogen) atoms. The highest BCUT2D eigenvalue weighted by molar-refractivity contribution is 14.1. The smallest absolute Gasteiger partial charge is 0.234 e. The fraction of sp³-hybridized carbons (Fsp3) is 0. The summed E-state index contributed by atoms with van der Waals surface area (Å²) >= 11 is 3.73. The van der Waals surface area contributed by atoms with Crippen LogP contribution in [0.15, 0.2) is 24.5 Å². The van der Waals surface area contributed by atoms with Gasteiger partial charge in [-0.1, -0.05) is 11.3 Å². The Kier molecular flexibility index (Phi) is 2.28. The van der Waals surface area contributed by atoms with Crippen molar-refractivity contribution in [2.24, 2.45) is 0 Å². The zero-order valence-corrected chi connectivity index (χ0v) is 10.9. The molecule has 0 saturated carbocycles. The zero-order chi connectivity index (χ0) is 11.1. The standard InChI is InChI=1S/C9H6IN5S/c10-5-1-2-7(11)6(3-5)8-14-15-4-12-13-9(15)16-8/h1-4H,11H2. The first-order valence-electron chi connectivity index (χ1n) is 4.46. The summed E-state index contributed by atoms with van der Waals surface area (Å²) in [6, 6.07) is 5.88. The summed E-state index contributed by atoms with van der Waals surface area (Å²) in [5.74, 6) is 0. The van der Waals surface area contributed by atoms with E-state index < -0.39 is 0 Å². The molecular formula is C9H6IN5S. The van der Waals surface area contributed by atoms with Crippen molar-refractivity contribution in [3.63, 3.8) is 0 Å². The molecule has 0 spiro atoms. The van der Waals surface area contributed by atoms with Crippen LogP contribution >= 0.6 is 33.9 Å². The molecule has 0 radical (unpaired) electrons. The van der Waals surface area contributed by atoms with Gasteiger partial charge in [0.1, 0.15) is 11.3 Å². The van der Waals surface area contributed by atoms with Gasteiger partial charge in [-0.15, -0.1) is 10.2 Å². The van der Waals surface area contributed by atoms with Gasteiger partial charge in [-0.3, -0.25) is 0 Å². The van der Waals surface area contributed by atoms with Crippen molar-refractivity contribution in [1.82, 2.24) is 19.8 Å². The van der Waals surface area contributed by atoms with E-state index in [1.54, 1.807) is 10.8 Å². The molecule has 0 aliphatic rings. The highest BCUT2D eigenvalue weighted by atomic mass is 127. The highest BCUT2D eigenvalue weighted by Gasteiger charge is 2.10. The van der Waals surface area contributed by atoms with Crippen molar-refractivity contribution < 1.29 is 0 Å². The molecule has 0 fully saturated rings. The largest absolute Gasteiger partial charge is 0.398 e. The third kappa shape index (κ3) is 1.55.